The van der Waals surface area contributed by atoms with Crippen LogP contribution in [-0.4, -0.2) is 17.6 Å². The summed E-state index contributed by atoms with van der Waals surface area (Å²) in [5.74, 6) is -0.529. The normalized spacial score (nSPS) is 11.9. The third-order valence-electron chi connectivity index (χ3n) is 2.13. The topological polar surface area (TPSA) is 39.2 Å². The third kappa shape index (κ3) is 3.20. The van der Waals surface area contributed by atoms with Crippen molar-refractivity contribution < 1.29 is 9.53 Å². The van der Waals surface area contributed by atoms with E-state index in [2.05, 4.69) is 11.6 Å². The molecule has 0 saturated carbocycles. The van der Waals surface area contributed by atoms with E-state index in [1.165, 1.54) is 0 Å². The summed E-state index contributed by atoms with van der Waals surface area (Å²) in [6, 6.07) is 3.77. The predicted octanol–water partition coefficient (Wildman–Crippen LogP) is 2.22. The van der Waals surface area contributed by atoms with E-state index in [0.717, 1.165) is 11.3 Å². The van der Waals surface area contributed by atoms with E-state index in [-0.39, 0.29) is 18.5 Å². The molecule has 0 aliphatic carbocycles. The lowest BCUT2D eigenvalue weighted by Crippen LogP contribution is -2.13. The maximum absolute atomic E-state index is 11.5. The van der Waals surface area contributed by atoms with Gasteiger partial charge in [0.05, 0.1) is 5.92 Å². The quantitative estimate of drug-likeness (QED) is 0.559. The number of nitrogens with zero attached hydrogens (tertiary/aromatic N) is 1. The van der Waals surface area contributed by atoms with Crippen molar-refractivity contribution in [2.75, 3.05) is 6.61 Å². The molecule has 0 saturated heterocycles. The van der Waals surface area contributed by atoms with Crippen molar-refractivity contribution in [2.24, 2.45) is 0 Å². The van der Waals surface area contributed by atoms with Gasteiger partial charge in [0.15, 0.2) is 0 Å². The molecule has 0 aliphatic heterocycles. The van der Waals surface area contributed by atoms with Crippen LogP contribution in [0.25, 0.3) is 0 Å². The van der Waals surface area contributed by atoms with Gasteiger partial charge in [0, 0.05) is 11.9 Å². The van der Waals surface area contributed by atoms with E-state index < -0.39 is 0 Å². The summed E-state index contributed by atoms with van der Waals surface area (Å²) < 4.78 is 4.95. The fourth-order valence-corrected chi connectivity index (χ4v) is 1.14. The highest BCUT2D eigenvalue weighted by molar-refractivity contribution is 5.77. The smallest absolute Gasteiger partial charge is 0.313 e. The van der Waals surface area contributed by atoms with Gasteiger partial charge in [0.2, 0.25) is 0 Å². The molecule has 0 N–H and O–H groups in total. The van der Waals surface area contributed by atoms with Crippen LogP contribution in [0.5, 0.6) is 0 Å². The van der Waals surface area contributed by atoms with Crippen molar-refractivity contribution >= 4 is 5.97 Å². The Bertz CT molecular complexity index is 343. The average Bonchev–Trinajstić information content (AvgIpc) is 2.26. The minimum absolute atomic E-state index is 0.249. The van der Waals surface area contributed by atoms with Gasteiger partial charge in [0.1, 0.15) is 6.61 Å². The fraction of sp³-hybridized carbons (Fsp3) is 0.333. The third-order valence-corrected chi connectivity index (χ3v) is 2.13. The Hall–Kier alpha value is -1.64. The van der Waals surface area contributed by atoms with E-state index in [1.54, 1.807) is 19.2 Å². The zero-order chi connectivity index (χ0) is 11.3. The van der Waals surface area contributed by atoms with Gasteiger partial charge in [-0.2, -0.15) is 0 Å². The number of ether oxygens (including phenoxy) is 1. The average molecular weight is 205 g/mol. The summed E-state index contributed by atoms with van der Waals surface area (Å²) in [5.41, 5.74) is 1.81. The molecule has 0 aliphatic rings. The van der Waals surface area contributed by atoms with Crippen LogP contribution in [0, 0.1) is 6.92 Å². The maximum Gasteiger partial charge on any atom is 0.313 e. The molecule has 0 amide bonds. The molecular weight excluding hydrogens is 190 g/mol. The second-order valence-corrected chi connectivity index (χ2v) is 3.37. The SMILES string of the molecule is C=CCOC(=O)C(C)c1ccc(C)nc1. The highest BCUT2D eigenvalue weighted by Gasteiger charge is 2.16. The molecule has 0 fully saturated rings. The van der Waals surface area contributed by atoms with Crippen LogP contribution in [0.2, 0.25) is 0 Å². The number of carbonyl (C=O) groups excluding carboxylic acids is 1. The molecule has 1 heterocycles. The lowest BCUT2D eigenvalue weighted by atomic mass is 10.0. The zero-order valence-electron chi connectivity index (χ0n) is 9.06. The minimum atomic E-state index is -0.280. The second kappa shape index (κ2) is 5.29. The lowest BCUT2D eigenvalue weighted by molar-refractivity contribution is -0.143. The molecule has 1 atom stereocenters. The number of hydrogen-bond acceptors (Lipinski definition) is 3. The Labute approximate surface area is 89.8 Å². The van der Waals surface area contributed by atoms with E-state index in [1.807, 2.05) is 19.1 Å². The van der Waals surface area contributed by atoms with Crippen LogP contribution in [0.3, 0.4) is 0 Å². The Morgan fingerprint density at radius 3 is 2.93 bits per heavy atom. The number of esters is 1. The highest BCUT2D eigenvalue weighted by Crippen LogP contribution is 2.15. The van der Waals surface area contributed by atoms with Gasteiger partial charge in [-0.3, -0.25) is 9.78 Å². The summed E-state index contributed by atoms with van der Waals surface area (Å²) >= 11 is 0. The Morgan fingerprint density at radius 1 is 1.67 bits per heavy atom. The van der Waals surface area contributed by atoms with Crippen molar-refractivity contribution in [3.05, 3.63) is 42.2 Å². The van der Waals surface area contributed by atoms with E-state index in [9.17, 15) is 4.79 Å². The number of aromatic nitrogens is 1. The summed E-state index contributed by atoms with van der Waals surface area (Å²) in [5, 5.41) is 0. The number of rotatable bonds is 4. The molecule has 3 nitrogen and oxygen atoms in total. The molecule has 1 aromatic heterocycles. The van der Waals surface area contributed by atoms with Gasteiger partial charge in [-0.05, 0) is 25.5 Å². The Kier molecular flexibility index (Phi) is 4.03. The van der Waals surface area contributed by atoms with Crippen LogP contribution in [0.15, 0.2) is 31.0 Å². The van der Waals surface area contributed by atoms with Crippen molar-refractivity contribution in [1.82, 2.24) is 4.98 Å². The predicted molar refractivity (Wildman–Crippen MR) is 58.5 cm³/mol. The minimum Gasteiger partial charge on any atom is -0.461 e. The van der Waals surface area contributed by atoms with Crippen LogP contribution >= 0.6 is 0 Å². The molecule has 0 spiro atoms. The number of pyridine rings is 1. The first-order valence-corrected chi connectivity index (χ1v) is 4.85. The molecule has 3 heteroatoms. The standard InChI is InChI=1S/C12H15NO2/c1-4-7-15-12(14)10(3)11-6-5-9(2)13-8-11/h4-6,8,10H,1,7H2,2-3H3. The lowest BCUT2D eigenvalue weighted by Gasteiger charge is -2.10. The summed E-state index contributed by atoms with van der Waals surface area (Å²) in [6.45, 7) is 7.45. The van der Waals surface area contributed by atoms with Crippen LogP contribution in [-0.2, 0) is 9.53 Å². The largest absolute Gasteiger partial charge is 0.461 e. The summed E-state index contributed by atoms with van der Waals surface area (Å²) in [4.78, 5) is 15.6. The van der Waals surface area contributed by atoms with Crippen LogP contribution < -0.4 is 0 Å². The molecule has 0 bridgehead atoms. The maximum atomic E-state index is 11.5. The first-order chi connectivity index (χ1) is 7.15. The molecule has 80 valence electrons. The molecule has 1 unspecified atom stereocenters. The zero-order valence-corrected chi connectivity index (χ0v) is 9.06. The number of hydrogen-bond donors (Lipinski definition) is 0. The van der Waals surface area contributed by atoms with Crippen molar-refractivity contribution in [3.8, 4) is 0 Å². The first-order valence-electron chi connectivity index (χ1n) is 4.85. The van der Waals surface area contributed by atoms with Gasteiger partial charge in [0.25, 0.3) is 0 Å². The molecule has 0 radical (unpaired) electrons. The second-order valence-electron chi connectivity index (χ2n) is 3.37. The van der Waals surface area contributed by atoms with Crippen molar-refractivity contribution in [2.45, 2.75) is 19.8 Å². The summed E-state index contributed by atoms with van der Waals surface area (Å²) in [7, 11) is 0. The van der Waals surface area contributed by atoms with Crippen molar-refractivity contribution in [3.63, 3.8) is 0 Å². The van der Waals surface area contributed by atoms with Gasteiger partial charge in [-0.1, -0.05) is 18.7 Å². The number of carbonyl (C=O) groups is 1. The molecular formula is C12H15NO2. The highest BCUT2D eigenvalue weighted by atomic mass is 16.5. The Balaban J connectivity index is 2.67. The van der Waals surface area contributed by atoms with Gasteiger partial charge in [-0.15, -0.1) is 0 Å². The molecule has 15 heavy (non-hydrogen) atoms. The molecule has 1 rings (SSSR count). The van der Waals surface area contributed by atoms with Gasteiger partial charge >= 0.3 is 5.97 Å². The van der Waals surface area contributed by atoms with Crippen LogP contribution in [0.4, 0.5) is 0 Å². The van der Waals surface area contributed by atoms with Gasteiger partial charge in [-0.25, -0.2) is 0 Å². The Morgan fingerprint density at radius 2 is 2.40 bits per heavy atom. The first kappa shape index (κ1) is 11.4. The monoisotopic (exact) mass is 205 g/mol. The fourth-order valence-electron chi connectivity index (χ4n) is 1.14. The van der Waals surface area contributed by atoms with E-state index in [4.69, 9.17) is 4.74 Å². The van der Waals surface area contributed by atoms with Crippen LogP contribution in [0.1, 0.15) is 24.1 Å². The van der Waals surface area contributed by atoms with Gasteiger partial charge < -0.3 is 4.74 Å². The van der Waals surface area contributed by atoms with E-state index in [0.29, 0.717) is 0 Å². The van der Waals surface area contributed by atoms with E-state index >= 15 is 0 Å². The number of aryl methyl sites for hydroxylation is 1. The van der Waals surface area contributed by atoms with Crippen molar-refractivity contribution in [1.29, 1.82) is 0 Å². The molecule has 1 aromatic rings. The summed E-state index contributed by atoms with van der Waals surface area (Å²) in [6.07, 6.45) is 3.26. The molecule has 0 aromatic carbocycles.